The molecule has 0 radical (unpaired) electrons. The highest BCUT2D eigenvalue weighted by atomic mass is 32.2. The summed E-state index contributed by atoms with van der Waals surface area (Å²) in [5.41, 5.74) is 0. The van der Waals surface area contributed by atoms with Crippen molar-refractivity contribution in [1.82, 2.24) is 4.31 Å². The topological polar surface area (TPSA) is 93.1 Å². The third-order valence-corrected chi connectivity index (χ3v) is 4.72. The van der Waals surface area contributed by atoms with Gasteiger partial charge in [-0.1, -0.05) is 0 Å². The monoisotopic (exact) mass is 331 g/mol. The normalized spacial score (nSPS) is 11.5. The van der Waals surface area contributed by atoms with E-state index in [0.717, 1.165) is 4.31 Å². The van der Waals surface area contributed by atoms with E-state index in [9.17, 15) is 13.2 Å². The molecule has 8 heteroatoms. The fraction of sp³-hybridized carbons (Fsp3) is 0.500. The Labute approximate surface area is 130 Å². The van der Waals surface area contributed by atoms with E-state index in [4.69, 9.17) is 14.6 Å². The summed E-state index contributed by atoms with van der Waals surface area (Å²) in [5, 5.41) is 8.65. The maximum atomic E-state index is 12.4. The predicted octanol–water partition coefficient (Wildman–Crippen LogP) is 1.58. The van der Waals surface area contributed by atoms with Crippen LogP contribution in [0, 0.1) is 0 Å². The van der Waals surface area contributed by atoms with Gasteiger partial charge in [-0.05, 0) is 26.0 Å². The maximum absolute atomic E-state index is 12.4. The van der Waals surface area contributed by atoms with Gasteiger partial charge < -0.3 is 14.6 Å². The van der Waals surface area contributed by atoms with Crippen LogP contribution in [0.4, 0.5) is 0 Å². The molecule has 0 atom stereocenters. The van der Waals surface area contributed by atoms with Crippen molar-refractivity contribution in [2.24, 2.45) is 0 Å². The van der Waals surface area contributed by atoms with E-state index >= 15 is 0 Å². The maximum Gasteiger partial charge on any atom is 0.304 e. The molecule has 0 saturated heterocycles. The quantitative estimate of drug-likeness (QED) is 0.738. The molecule has 1 rings (SSSR count). The highest BCUT2D eigenvalue weighted by Gasteiger charge is 2.23. The zero-order chi connectivity index (χ0) is 16.8. The molecule has 7 nitrogen and oxygen atoms in total. The van der Waals surface area contributed by atoms with Gasteiger partial charge in [-0.15, -0.1) is 0 Å². The molecule has 0 unspecified atom stereocenters. The molecule has 0 heterocycles. The summed E-state index contributed by atoms with van der Waals surface area (Å²) < 4.78 is 36.6. The smallest absolute Gasteiger partial charge is 0.304 e. The Bertz CT molecular complexity index is 614. The minimum atomic E-state index is -3.77. The molecule has 0 aromatic heterocycles. The molecule has 0 saturated carbocycles. The van der Waals surface area contributed by atoms with Crippen molar-refractivity contribution >= 4 is 16.0 Å². The van der Waals surface area contributed by atoms with Crippen molar-refractivity contribution in [3.8, 4) is 11.5 Å². The van der Waals surface area contributed by atoms with E-state index < -0.39 is 16.0 Å². The van der Waals surface area contributed by atoms with Gasteiger partial charge >= 0.3 is 5.97 Å². The van der Waals surface area contributed by atoms with Gasteiger partial charge in [0.05, 0.1) is 24.5 Å². The predicted molar refractivity (Wildman–Crippen MR) is 80.8 cm³/mol. The lowest BCUT2D eigenvalue weighted by atomic mass is 10.3. The third kappa shape index (κ3) is 4.60. The first-order valence-corrected chi connectivity index (χ1v) is 8.34. The molecule has 1 aromatic carbocycles. The molecule has 1 N–H and O–H groups in total. The summed E-state index contributed by atoms with van der Waals surface area (Å²) in [6.07, 6.45) is -0.259. The molecular formula is C14H21NO6S. The van der Waals surface area contributed by atoms with Gasteiger partial charge in [0.15, 0.2) is 11.5 Å². The van der Waals surface area contributed by atoms with E-state index in [-0.39, 0.29) is 17.9 Å². The van der Waals surface area contributed by atoms with Crippen molar-refractivity contribution in [2.45, 2.75) is 25.2 Å². The molecule has 0 fully saturated rings. The lowest BCUT2D eigenvalue weighted by Gasteiger charge is -2.18. The largest absolute Gasteiger partial charge is 0.490 e. The second-order valence-electron chi connectivity index (χ2n) is 4.44. The van der Waals surface area contributed by atoms with E-state index in [1.165, 1.54) is 25.2 Å². The summed E-state index contributed by atoms with van der Waals surface area (Å²) in [6.45, 7) is 4.31. The SMILES string of the molecule is CCOc1ccc(S(=O)(=O)N(C)CCC(=O)O)cc1OCC. The van der Waals surface area contributed by atoms with E-state index in [0.29, 0.717) is 24.7 Å². The van der Waals surface area contributed by atoms with Crippen LogP contribution in [-0.2, 0) is 14.8 Å². The summed E-state index contributed by atoms with van der Waals surface area (Å²) in [7, 11) is -2.43. The molecule has 0 amide bonds. The molecule has 124 valence electrons. The Morgan fingerprint density at radius 3 is 2.32 bits per heavy atom. The fourth-order valence-corrected chi connectivity index (χ4v) is 2.93. The average Bonchev–Trinajstić information content (AvgIpc) is 2.46. The van der Waals surface area contributed by atoms with Crippen LogP contribution in [0.3, 0.4) is 0 Å². The second-order valence-corrected chi connectivity index (χ2v) is 6.49. The lowest BCUT2D eigenvalue weighted by Crippen LogP contribution is -2.29. The second kappa shape index (κ2) is 8.00. The van der Waals surface area contributed by atoms with Crippen molar-refractivity contribution < 1.29 is 27.8 Å². The molecule has 22 heavy (non-hydrogen) atoms. The Morgan fingerprint density at radius 2 is 1.77 bits per heavy atom. The minimum absolute atomic E-state index is 0.0345. The van der Waals surface area contributed by atoms with Crippen LogP contribution in [-0.4, -0.2) is 50.6 Å². The number of hydrogen-bond acceptors (Lipinski definition) is 5. The van der Waals surface area contributed by atoms with Crippen LogP contribution in [0.1, 0.15) is 20.3 Å². The lowest BCUT2D eigenvalue weighted by molar-refractivity contribution is -0.137. The van der Waals surface area contributed by atoms with Crippen molar-refractivity contribution in [3.05, 3.63) is 18.2 Å². The van der Waals surface area contributed by atoms with Crippen LogP contribution < -0.4 is 9.47 Å². The van der Waals surface area contributed by atoms with Crippen molar-refractivity contribution in [3.63, 3.8) is 0 Å². The highest BCUT2D eigenvalue weighted by molar-refractivity contribution is 7.89. The van der Waals surface area contributed by atoms with Gasteiger partial charge in [0.1, 0.15) is 0 Å². The Morgan fingerprint density at radius 1 is 1.18 bits per heavy atom. The summed E-state index contributed by atoms with van der Waals surface area (Å²) in [5.74, 6) is -0.239. The van der Waals surface area contributed by atoms with Crippen LogP contribution >= 0.6 is 0 Å². The molecule has 1 aromatic rings. The number of sulfonamides is 1. The number of hydrogen-bond donors (Lipinski definition) is 1. The first kappa shape index (κ1) is 18.2. The number of rotatable bonds is 9. The van der Waals surface area contributed by atoms with Crippen LogP contribution in [0.2, 0.25) is 0 Å². The molecular weight excluding hydrogens is 310 g/mol. The number of carboxylic acids is 1. The van der Waals surface area contributed by atoms with Gasteiger partial charge in [-0.2, -0.15) is 0 Å². The van der Waals surface area contributed by atoms with Crippen molar-refractivity contribution in [1.29, 1.82) is 0 Å². The first-order valence-electron chi connectivity index (χ1n) is 6.90. The zero-order valence-corrected chi connectivity index (χ0v) is 13.7. The Kier molecular flexibility index (Phi) is 6.63. The van der Waals surface area contributed by atoms with Crippen LogP contribution in [0.5, 0.6) is 11.5 Å². The van der Waals surface area contributed by atoms with Crippen LogP contribution in [0.25, 0.3) is 0 Å². The van der Waals surface area contributed by atoms with Gasteiger partial charge in [0.2, 0.25) is 10.0 Å². The average molecular weight is 331 g/mol. The standard InChI is InChI=1S/C14H21NO6S/c1-4-20-12-7-6-11(10-13(12)21-5-2)22(18,19)15(3)9-8-14(16)17/h6-7,10H,4-5,8-9H2,1-3H3,(H,16,17). The van der Waals surface area contributed by atoms with E-state index in [1.807, 2.05) is 6.92 Å². The fourth-order valence-electron chi connectivity index (χ4n) is 1.75. The zero-order valence-electron chi connectivity index (χ0n) is 12.9. The molecule has 0 aliphatic heterocycles. The van der Waals surface area contributed by atoms with E-state index in [2.05, 4.69) is 0 Å². The number of nitrogens with zero attached hydrogens (tertiary/aromatic N) is 1. The molecule has 0 spiro atoms. The van der Waals surface area contributed by atoms with Gasteiger partial charge in [0, 0.05) is 19.7 Å². The van der Waals surface area contributed by atoms with Crippen molar-refractivity contribution in [2.75, 3.05) is 26.8 Å². The number of aliphatic carboxylic acids is 1. The Hall–Kier alpha value is -1.80. The van der Waals surface area contributed by atoms with Crippen LogP contribution in [0.15, 0.2) is 23.1 Å². The number of carbonyl (C=O) groups is 1. The number of benzene rings is 1. The minimum Gasteiger partial charge on any atom is -0.490 e. The number of carboxylic acid groups (broad SMARTS) is 1. The first-order chi connectivity index (χ1) is 10.3. The summed E-state index contributed by atoms with van der Waals surface area (Å²) in [4.78, 5) is 10.6. The molecule has 0 bridgehead atoms. The Balaban J connectivity index is 3.08. The molecule has 0 aliphatic carbocycles. The summed E-state index contributed by atoms with van der Waals surface area (Å²) in [6, 6.07) is 4.34. The van der Waals surface area contributed by atoms with Gasteiger partial charge in [0.25, 0.3) is 0 Å². The van der Waals surface area contributed by atoms with Gasteiger partial charge in [-0.3, -0.25) is 4.79 Å². The van der Waals surface area contributed by atoms with E-state index in [1.54, 1.807) is 6.92 Å². The molecule has 0 aliphatic rings. The third-order valence-electron chi connectivity index (χ3n) is 2.86. The number of ether oxygens (including phenoxy) is 2. The summed E-state index contributed by atoms with van der Waals surface area (Å²) >= 11 is 0. The highest BCUT2D eigenvalue weighted by Crippen LogP contribution is 2.31. The van der Waals surface area contributed by atoms with Gasteiger partial charge in [-0.25, -0.2) is 12.7 Å².